The van der Waals surface area contributed by atoms with E-state index in [1.165, 1.54) is 0 Å². The van der Waals surface area contributed by atoms with Gasteiger partial charge in [-0.05, 0) is 0 Å². The van der Waals surface area contributed by atoms with Gasteiger partial charge in [0.25, 0.3) is 0 Å². The van der Waals surface area contributed by atoms with E-state index in [0.717, 1.165) is 4.48 Å². The van der Waals surface area contributed by atoms with Gasteiger partial charge in [-0.1, -0.05) is 34.6 Å². The Labute approximate surface area is 80.6 Å². The van der Waals surface area contributed by atoms with Gasteiger partial charge in [0.05, 0.1) is 0 Å². The smallest absolute Gasteiger partial charge is 0.143 e. The van der Waals surface area contributed by atoms with Crippen LogP contribution in [0.15, 0.2) is 16.2 Å². The maximum Gasteiger partial charge on any atom is 0.143 e. The Kier molecular flexibility index (Phi) is 5.74. The van der Waals surface area contributed by atoms with Crippen LogP contribution in [0.2, 0.25) is 0 Å². The SMILES string of the molecule is C=C(Br)CNCC(C)C(N)=NO. The highest BCUT2D eigenvalue weighted by atomic mass is 79.9. The summed E-state index contributed by atoms with van der Waals surface area (Å²) in [5, 5.41) is 14.3. The van der Waals surface area contributed by atoms with Crippen molar-refractivity contribution in [2.75, 3.05) is 13.1 Å². The molecule has 70 valence electrons. The summed E-state index contributed by atoms with van der Waals surface area (Å²) in [6.45, 7) is 6.89. The van der Waals surface area contributed by atoms with Gasteiger partial charge in [0.2, 0.25) is 0 Å². The lowest BCUT2D eigenvalue weighted by molar-refractivity contribution is 0.314. The van der Waals surface area contributed by atoms with Gasteiger partial charge in [0.15, 0.2) is 0 Å². The van der Waals surface area contributed by atoms with Crippen molar-refractivity contribution in [3.05, 3.63) is 11.1 Å². The van der Waals surface area contributed by atoms with Crippen LogP contribution in [0.4, 0.5) is 0 Å². The second-order valence-corrected chi connectivity index (χ2v) is 3.70. The number of halogens is 1. The normalized spacial score (nSPS) is 14.3. The summed E-state index contributed by atoms with van der Waals surface area (Å²) in [4.78, 5) is 0. The molecule has 0 spiro atoms. The summed E-state index contributed by atoms with van der Waals surface area (Å²) in [5.41, 5.74) is 5.36. The largest absolute Gasteiger partial charge is 0.409 e. The standard InChI is InChI=1S/C7H14BrN3O/c1-5(7(9)11-12)3-10-4-6(2)8/h5,10,12H,2-4H2,1H3,(H2,9,11). The fraction of sp³-hybridized carbons (Fsp3) is 0.571. The van der Waals surface area contributed by atoms with E-state index < -0.39 is 0 Å². The Balaban J connectivity index is 3.57. The van der Waals surface area contributed by atoms with Gasteiger partial charge in [-0.2, -0.15) is 0 Å². The average molecular weight is 236 g/mol. The molecule has 12 heavy (non-hydrogen) atoms. The molecule has 0 saturated heterocycles. The van der Waals surface area contributed by atoms with Crippen LogP contribution >= 0.6 is 15.9 Å². The van der Waals surface area contributed by atoms with Crippen LogP contribution in [0.25, 0.3) is 0 Å². The van der Waals surface area contributed by atoms with Crippen LogP contribution in [-0.2, 0) is 0 Å². The summed E-state index contributed by atoms with van der Waals surface area (Å²) in [6, 6.07) is 0. The van der Waals surface area contributed by atoms with E-state index in [1.807, 2.05) is 6.92 Å². The van der Waals surface area contributed by atoms with Gasteiger partial charge >= 0.3 is 0 Å². The van der Waals surface area contributed by atoms with Gasteiger partial charge in [-0.15, -0.1) is 0 Å². The minimum atomic E-state index is 0.0295. The highest BCUT2D eigenvalue weighted by Crippen LogP contribution is 1.98. The van der Waals surface area contributed by atoms with E-state index >= 15 is 0 Å². The zero-order valence-corrected chi connectivity index (χ0v) is 8.63. The van der Waals surface area contributed by atoms with Crippen LogP contribution in [0.5, 0.6) is 0 Å². The Morgan fingerprint density at radius 3 is 2.83 bits per heavy atom. The van der Waals surface area contributed by atoms with Crippen molar-refractivity contribution in [1.29, 1.82) is 0 Å². The molecular formula is C7H14BrN3O. The van der Waals surface area contributed by atoms with E-state index in [1.54, 1.807) is 0 Å². The molecule has 4 N–H and O–H groups in total. The third kappa shape index (κ3) is 5.15. The third-order valence-corrected chi connectivity index (χ3v) is 1.67. The molecule has 0 aromatic carbocycles. The summed E-state index contributed by atoms with van der Waals surface area (Å²) in [7, 11) is 0. The fourth-order valence-electron chi connectivity index (χ4n) is 0.627. The van der Waals surface area contributed by atoms with Crippen molar-refractivity contribution in [1.82, 2.24) is 5.32 Å². The van der Waals surface area contributed by atoms with Crippen molar-refractivity contribution < 1.29 is 5.21 Å². The molecular weight excluding hydrogens is 222 g/mol. The Morgan fingerprint density at radius 2 is 2.42 bits per heavy atom. The number of hydrogen-bond donors (Lipinski definition) is 3. The third-order valence-electron chi connectivity index (χ3n) is 1.39. The quantitative estimate of drug-likeness (QED) is 0.287. The van der Waals surface area contributed by atoms with Gasteiger partial charge < -0.3 is 16.3 Å². The Hall–Kier alpha value is -0.550. The average Bonchev–Trinajstić information content (AvgIpc) is 2.02. The first kappa shape index (κ1) is 11.4. The maximum absolute atomic E-state index is 8.32. The molecule has 0 fully saturated rings. The van der Waals surface area contributed by atoms with E-state index in [-0.39, 0.29) is 11.8 Å². The molecule has 0 amide bonds. The lowest BCUT2D eigenvalue weighted by atomic mass is 10.1. The van der Waals surface area contributed by atoms with Crippen LogP contribution in [0.3, 0.4) is 0 Å². The lowest BCUT2D eigenvalue weighted by Crippen LogP contribution is -2.31. The maximum atomic E-state index is 8.32. The van der Waals surface area contributed by atoms with Gasteiger partial charge in [0, 0.05) is 23.5 Å². The number of oxime groups is 1. The molecule has 0 aromatic heterocycles. The highest BCUT2D eigenvalue weighted by Gasteiger charge is 2.05. The van der Waals surface area contributed by atoms with Gasteiger partial charge in [-0.25, -0.2) is 0 Å². The van der Waals surface area contributed by atoms with Crippen molar-refractivity contribution in [2.24, 2.45) is 16.8 Å². The monoisotopic (exact) mass is 235 g/mol. The summed E-state index contributed by atoms with van der Waals surface area (Å²) in [5.74, 6) is 0.268. The molecule has 0 bridgehead atoms. The van der Waals surface area contributed by atoms with Crippen LogP contribution < -0.4 is 11.1 Å². The highest BCUT2D eigenvalue weighted by molar-refractivity contribution is 9.11. The Morgan fingerprint density at radius 1 is 1.83 bits per heavy atom. The van der Waals surface area contributed by atoms with Crippen molar-refractivity contribution in [3.63, 3.8) is 0 Å². The molecule has 0 saturated carbocycles. The molecule has 0 radical (unpaired) electrons. The number of hydrogen-bond acceptors (Lipinski definition) is 3. The van der Waals surface area contributed by atoms with Crippen molar-refractivity contribution in [3.8, 4) is 0 Å². The van der Waals surface area contributed by atoms with E-state index in [0.29, 0.717) is 13.1 Å². The summed E-state index contributed by atoms with van der Waals surface area (Å²) >= 11 is 3.21. The topological polar surface area (TPSA) is 70.6 Å². The molecule has 4 nitrogen and oxygen atoms in total. The minimum Gasteiger partial charge on any atom is -0.409 e. The lowest BCUT2D eigenvalue weighted by Gasteiger charge is -2.09. The molecule has 0 aliphatic carbocycles. The molecule has 0 heterocycles. The first-order chi connectivity index (χ1) is 5.57. The number of nitrogens with two attached hydrogens (primary N) is 1. The van der Waals surface area contributed by atoms with Gasteiger partial charge in [0.1, 0.15) is 5.84 Å². The van der Waals surface area contributed by atoms with E-state index in [4.69, 9.17) is 10.9 Å². The van der Waals surface area contributed by atoms with Crippen LogP contribution in [0, 0.1) is 5.92 Å². The summed E-state index contributed by atoms with van der Waals surface area (Å²) < 4.78 is 0.884. The van der Waals surface area contributed by atoms with Crippen LogP contribution in [-0.4, -0.2) is 24.1 Å². The number of amidine groups is 1. The predicted octanol–water partition coefficient (Wildman–Crippen LogP) is 0.867. The predicted molar refractivity (Wildman–Crippen MR) is 53.5 cm³/mol. The molecule has 0 aliphatic rings. The van der Waals surface area contributed by atoms with E-state index in [9.17, 15) is 0 Å². The number of nitrogens with one attached hydrogen (secondary N) is 1. The molecule has 1 unspecified atom stereocenters. The molecule has 0 aliphatic heterocycles. The summed E-state index contributed by atoms with van der Waals surface area (Å²) in [6.07, 6.45) is 0. The Bertz CT molecular complexity index is 181. The molecule has 0 aromatic rings. The first-order valence-electron chi connectivity index (χ1n) is 3.59. The minimum absolute atomic E-state index is 0.0295. The fourth-order valence-corrected chi connectivity index (χ4v) is 0.826. The molecule has 1 atom stereocenters. The zero-order valence-electron chi connectivity index (χ0n) is 7.05. The number of nitrogens with zero attached hydrogens (tertiary/aromatic N) is 1. The van der Waals surface area contributed by atoms with Crippen molar-refractivity contribution >= 4 is 21.8 Å². The first-order valence-corrected chi connectivity index (χ1v) is 4.38. The second kappa shape index (κ2) is 6.02. The molecule has 5 heteroatoms. The van der Waals surface area contributed by atoms with Crippen LogP contribution in [0.1, 0.15) is 6.92 Å². The molecule has 0 rings (SSSR count). The second-order valence-electron chi connectivity index (χ2n) is 2.57. The van der Waals surface area contributed by atoms with Gasteiger partial charge in [-0.3, -0.25) is 0 Å². The van der Waals surface area contributed by atoms with E-state index in [2.05, 4.69) is 33.0 Å². The zero-order chi connectivity index (χ0) is 9.56. The van der Waals surface area contributed by atoms with Crippen molar-refractivity contribution in [2.45, 2.75) is 6.92 Å². The number of rotatable bonds is 5.